The lowest BCUT2D eigenvalue weighted by atomic mass is 10.1. The van der Waals surface area contributed by atoms with Crippen LogP contribution in [0.4, 0.5) is 5.69 Å². The maximum atomic E-state index is 12.3. The smallest absolute Gasteiger partial charge is 0.185 e. The number of likely N-dealkylation sites (N-methyl/N-ethyl adjacent to an activating group) is 2. The fraction of sp³-hybridized carbons (Fsp3) is 0.250. The summed E-state index contributed by atoms with van der Waals surface area (Å²) in [5.41, 5.74) is 2.80. The standard InChI is InChI=1S/C20H23BrN2O/c1-22(2)14-15-23(3)18-11-8-17(9-12-18)20(24)13-10-16-6-4-5-7-19(16)21/h4-13H,14-15H2,1-3H3. The zero-order valence-corrected chi connectivity index (χ0v) is 16.0. The lowest BCUT2D eigenvalue weighted by Gasteiger charge is -2.21. The molecular weight excluding hydrogens is 364 g/mol. The average Bonchev–Trinajstić information content (AvgIpc) is 2.58. The second-order valence-corrected chi connectivity index (χ2v) is 6.85. The van der Waals surface area contributed by atoms with Crippen molar-refractivity contribution in [1.82, 2.24) is 4.90 Å². The highest BCUT2D eigenvalue weighted by Gasteiger charge is 2.05. The van der Waals surface area contributed by atoms with Gasteiger partial charge in [0, 0.05) is 35.9 Å². The number of allylic oxidation sites excluding steroid dienone is 1. The highest BCUT2D eigenvalue weighted by atomic mass is 79.9. The summed E-state index contributed by atoms with van der Waals surface area (Å²) in [4.78, 5) is 16.6. The second kappa shape index (κ2) is 8.81. The van der Waals surface area contributed by atoms with Gasteiger partial charge in [-0.25, -0.2) is 0 Å². The van der Waals surface area contributed by atoms with E-state index in [1.807, 2.05) is 54.6 Å². The van der Waals surface area contributed by atoms with Crippen LogP contribution in [0.5, 0.6) is 0 Å². The Morgan fingerprint density at radius 1 is 1.00 bits per heavy atom. The topological polar surface area (TPSA) is 23.6 Å². The minimum absolute atomic E-state index is 0.00764. The van der Waals surface area contributed by atoms with Crippen molar-refractivity contribution in [3.8, 4) is 0 Å². The lowest BCUT2D eigenvalue weighted by Crippen LogP contribution is -2.28. The maximum absolute atomic E-state index is 12.3. The van der Waals surface area contributed by atoms with Crippen LogP contribution in [-0.2, 0) is 0 Å². The van der Waals surface area contributed by atoms with E-state index in [1.165, 1.54) is 0 Å². The molecule has 126 valence electrons. The largest absolute Gasteiger partial charge is 0.373 e. The van der Waals surface area contributed by atoms with Crippen LogP contribution in [0.15, 0.2) is 59.1 Å². The molecule has 2 rings (SSSR count). The minimum Gasteiger partial charge on any atom is -0.373 e. The third-order valence-corrected chi connectivity index (χ3v) is 4.52. The molecule has 24 heavy (non-hydrogen) atoms. The van der Waals surface area contributed by atoms with E-state index < -0.39 is 0 Å². The number of anilines is 1. The van der Waals surface area contributed by atoms with E-state index in [9.17, 15) is 4.79 Å². The van der Waals surface area contributed by atoms with Crippen molar-refractivity contribution in [2.75, 3.05) is 39.1 Å². The molecule has 0 atom stereocenters. The van der Waals surface area contributed by atoms with Crippen molar-refractivity contribution in [1.29, 1.82) is 0 Å². The second-order valence-electron chi connectivity index (χ2n) is 5.99. The number of benzene rings is 2. The molecule has 0 N–H and O–H groups in total. The number of halogens is 1. The first-order valence-electron chi connectivity index (χ1n) is 7.90. The van der Waals surface area contributed by atoms with Gasteiger partial charge in [0.05, 0.1) is 0 Å². The molecule has 0 aromatic heterocycles. The molecule has 0 saturated carbocycles. The normalized spacial score (nSPS) is 11.2. The molecule has 0 heterocycles. The summed E-state index contributed by atoms with van der Waals surface area (Å²) in [6.07, 6.45) is 3.45. The van der Waals surface area contributed by atoms with Crippen molar-refractivity contribution in [3.63, 3.8) is 0 Å². The molecule has 0 radical (unpaired) electrons. The molecule has 0 saturated heterocycles. The molecule has 0 aliphatic heterocycles. The number of hydrogen-bond donors (Lipinski definition) is 0. The summed E-state index contributed by atoms with van der Waals surface area (Å²) in [5.74, 6) is 0.00764. The van der Waals surface area contributed by atoms with E-state index in [0.29, 0.717) is 5.56 Å². The van der Waals surface area contributed by atoms with E-state index in [1.54, 1.807) is 6.08 Å². The third-order valence-electron chi connectivity index (χ3n) is 3.79. The van der Waals surface area contributed by atoms with Crippen LogP contribution >= 0.6 is 15.9 Å². The molecule has 0 fully saturated rings. The highest BCUT2D eigenvalue weighted by Crippen LogP contribution is 2.18. The molecule has 0 aliphatic rings. The van der Waals surface area contributed by atoms with Crippen LogP contribution in [0.3, 0.4) is 0 Å². The summed E-state index contributed by atoms with van der Waals surface area (Å²) in [5, 5.41) is 0. The van der Waals surface area contributed by atoms with Gasteiger partial charge in [0.15, 0.2) is 5.78 Å². The molecule has 0 spiro atoms. The van der Waals surface area contributed by atoms with Gasteiger partial charge in [0.1, 0.15) is 0 Å². The van der Waals surface area contributed by atoms with Crippen molar-refractivity contribution in [2.24, 2.45) is 0 Å². The Hall–Kier alpha value is -1.91. The Morgan fingerprint density at radius 3 is 2.29 bits per heavy atom. The number of hydrogen-bond acceptors (Lipinski definition) is 3. The summed E-state index contributed by atoms with van der Waals surface area (Å²) >= 11 is 3.48. The van der Waals surface area contributed by atoms with E-state index in [-0.39, 0.29) is 5.78 Å². The Kier molecular flexibility index (Phi) is 6.76. The molecule has 4 heteroatoms. The first-order valence-corrected chi connectivity index (χ1v) is 8.69. The van der Waals surface area contributed by atoms with Crippen LogP contribution in [0, 0.1) is 0 Å². The fourth-order valence-corrected chi connectivity index (χ4v) is 2.65. The Bertz CT molecular complexity index is 708. The zero-order chi connectivity index (χ0) is 17.5. The van der Waals surface area contributed by atoms with Crippen LogP contribution in [0.25, 0.3) is 6.08 Å². The van der Waals surface area contributed by atoms with Gasteiger partial charge in [-0.1, -0.05) is 34.1 Å². The van der Waals surface area contributed by atoms with Crippen molar-refractivity contribution < 1.29 is 4.79 Å². The SMILES string of the molecule is CN(C)CCN(C)c1ccc(C(=O)C=Cc2ccccc2Br)cc1. The molecule has 0 unspecified atom stereocenters. The zero-order valence-electron chi connectivity index (χ0n) is 14.4. The van der Waals surface area contributed by atoms with Gasteiger partial charge in [-0.05, 0) is 62.1 Å². The van der Waals surface area contributed by atoms with Gasteiger partial charge in [-0.15, -0.1) is 0 Å². The van der Waals surface area contributed by atoms with Crippen LogP contribution in [0.2, 0.25) is 0 Å². The van der Waals surface area contributed by atoms with E-state index in [0.717, 1.165) is 28.8 Å². The Labute approximate surface area is 152 Å². The molecule has 3 nitrogen and oxygen atoms in total. The lowest BCUT2D eigenvalue weighted by molar-refractivity contribution is 0.104. The number of carbonyl (C=O) groups excluding carboxylic acids is 1. The summed E-state index contributed by atoms with van der Waals surface area (Å²) in [7, 11) is 6.19. The van der Waals surface area contributed by atoms with E-state index in [2.05, 4.69) is 46.9 Å². The van der Waals surface area contributed by atoms with E-state index in [4.69, 9.17) is 0 Å². The van der Waals surface area contributed by atoms with Gasteiger partial charge in [0.2, 0.25) is 0 Å². The van der Waals surface area contributed by atoms with Crippen LogP contribution in [0.1, 0.15) is 15.9 Å². The van der Waals surface area contributed by atoms with Crippen molar-refractivity contribution >= 4 is 33.5 Å². The first-order chi connectivity index (χ1) is 11.5. The van der Waals surface area contributed by atoms with Gasteiger partial charge in [-0.2, -0.15) is 0 Å². The number of nitrogens with zero attached hydrogens (tertiary/aromatic N) is 2. The van der Waals surface area contributed by atoms with Gasteiger partial charge in [0.25, 0.3) is 0 Å². The molecule has 0 bridgehead atoms. The highest BCUT2D eigenvalue weighted by molar-refractivity contribution is 9.10. The summed E-state index contributed by atoms with van der Waals surface area (Å²) in [6, 6.07) is 15.6. The van der Waals surface area contributed by atoms with Crippen LogP contribution in [-0.4, -0.2) is 44.9 Å². The quantitative estimate of drug-likeness (QED) is 0.522. The summed E-state index contributed by atoms with van der Waals surface area (Å²) < 4.78 is 0.979. The predicted molar refractivity (Wildman–Crippen MR) is 106 cm³/mol. The number of carbonyl (C=O) groups is 1. The average molecular weight is 387 g/mol. The third kappa shape index (κ3) is 5.32. The van der Waals surface area contributed by atoms with Crippen molar-refractivity contribution in [3.05, 3.63) is 70.2 Å². The van der Waals surface area contributed by atoms with E-state index >= 15 is 0 Å². The van der Waals surface area contributed by atoms with Crippen LogP contribution < -0.4 is 4.90 Å². The van der Waals surface area contributed by atoms with Gasteiger partial charge in [-0.3, -0.25) is 4.79 Å². The molecular formula is C20H23BrN2O. The molecule has 2 aromatic carbocycles. The fourth-order valence-electron chi connectivity index (χ4n) is 2.23. The minimum atomic E-state index is 0.00764. The Balaban J connectivity index is 2.02. The van der Waals surface area contributed by atoms with Crippen molar-refractivity contribution in [2.45, 2.75) is 0 Å². The molecule has 2 aromatic rings. The van der Waals surface area contributed by atoms with Gasteiger partial charge < -0.3 is 9.80 Å². The van der Waals surface area contributed by atoms with Gasteiger partial charge >= 0.3 is 0 Å². The predicted octanol–water partition coefficient (Wildman–Crippen LogP) is 4.34. The maximum Gasteiger partial charge on any atom is 0.185 e. The molecule has 0 aliphatic carbocycles. The molecule has 0 amide bonds. The summed E-state index contributed by atoms with van der Waals surface area (Å²) in [6.45, 7) is 1.94. The first kappa shape index (κ1) is 18.4. The monoisotopic (exact) mass is 386 g/mol. The number of ketones is 1. The number of rotatable bonds is 7. The Morgan fingerprint density at radius 2 is 1.67 bits per heavy atom.